The summed E-state index contributed by atoms with van der Waals surface area (Å²) in [7, 11) is 0. The van der Waals surface area contributed by atoms with Gasteiger partial charge < -0.3 is 19.7 Å². The number of hydrogen-bond acceptors (Lipinski definition) is 4. The molecule has 1 fully saturated rings. The summed E-state index contributed by atoms with van der Waals surface area (Å²) < 4.78 is 4.66. The molecule has 0 spiro atoms. The van der Waals surface area contributed by atoms with Crippen molar-refractivity contribution < 1.29 is 19.7 Å². The standard InChI is InChI=1S/C5H8O4/c6-1-4-5(8)3(7)2-9-4/h1,3-5,7-8H,2H2. The molecule has 1 aliphatic rings. The molecule has 0 aromatic carbocycles. The maximum Gasteiger partial charge on any atom is 0.151 e. The van der Waals surface area contributed by atoms with Crippen LogP contribution in [0, 0.1) is 0 Å². The van der Waals surface area contributed by atoms with Crippen LogP contribution in [-0.4, -0.2) is 41.4 Å². The second-order valence-corrected chi connectivity index (χ2v) is 1.99. The van der Waals surface area contributed by atoms with Gasteiger partial charge in [-0.25, -0.2) is 0 Å². The van der Waals surface area contributed by atoms with Crippen LogP contribution in [0.3, 0.4) is 0 Å². The van der Waals surface area contributed by atoms with Crippen molar-refractivity contribution in [3.63, 3.8) is 0 Å². The summed E-state index contributed by atoms with van der Waals surface area (Å²) in [5.74, 6) is 0. The van der Waals surface area contributed by atoms with Crippen molar-refractivity contribution in [3.8, 4) is 0 Å². The second-order valence-electron chi connectivity index (χ2n) is 1.99. The first-order valence-electron chi connectivity index (χ1n) is 2.68. The molecule has 1 aliphatic heterocycles. The highest BCUT2D eigenvalue weighted by atomic mass is 16.5. The van der Waals surface area contributed by atoms with Crippen molar-refractivity contribution in [2.24, 2.45) is 0 Å². The van der Waals surface area contributed by atoms with Crippen molar-refractivity contribution in [1.82, 2.24) is 0 Å². The smallest absolute Gasteiger partial charge is 0.151 e. The fraction of sp³-hybridized carbons (Fsp3) is 0.800. The summed E-state index contributed by atoms with van der Waals surface area (Å²) in [6.07, 6.45) is -2.29. The molecule has 0 aromatic heterocycles. The molecule has 0 aliphatic carbocycles. The molecule has 52 valence electrons. The third kappa shape index (κ3) is 1.10. The van der Waals surface area contributed by atoms with E-state index in [4.69, 9.17) is 10.2 Å². The van der Waals surface area contributed by atoms with E-state index in [2.05, 4.69) is 4.74 Å². The van der Waals surface area contributed by atoms with Crippen LogP contribution in [0.5, 0.6) is 0 Å². The first-order valence-corrected chi connectivity index (χ1v) is 2.68. The van der Waals surface area contributed by atoms with Crippen LogP contribution in [0.25, 0.3) is 0 Å². The zero-order chi connectivity index (χ0) is 6.85. The minimum atomic E-state index is -1.04. The molecule has 3 unspecified atom stereocenters. The SMILES string of the molecule is O=CC1OCC(O)C1O. The summed E-state index contributed by atoms with van der Waals surface area (Å²) in [5, 5.41) is 17.6. The molecule has 0 amide bonds. The van der Waals surface area contributed by atoms with Crippen LogP contribution in [0.1, 0.15) is 0 Å². The Labute approximate surface area is 52.1 Å². The average molecular weight is 132 g/mol. The van der Waals surface area contributed by atoms with Gasteiger partial charge in [0.1, 0.15) is 18.3 Å². The van der Waals surface area contributed by atoms with Crippen LogP contribution >= 0.6 is 0 Å². The average Bonchev–Trinajstić information content (AvgIpc) is 2.15. The van der Waals surface area contributed by atoms with Gasteiger partial charge in [0.2, 0.25) is 0 Å². The van der Waals surface area contributed by atoms with E-state index < -0.39 is 18.3 Å². The number of aliphatic hydroxyl groups excluding tert-OH is 2. The van der Waals surface area contributed by atoms with E-state index in [0.29, 0.717) is 6.29 Å². The topological polar surface area (TPSA) is 66.8 Å². The van der Waals surface area contributed by atoms with Gasteiger partial charge in [-0.3, -0.25) is 0 Å². The molecule has 3 atom stereocenters. The fourth-order valence-electron chi connectivity index (χ4n) is 0.746. The van der Waals surface area contributed by atoms with E-state index in [1.807, 2.05) is 0 Å². The molecular formula is C5H8O4. The maximum atomic E-state index is 9.97. The van der Waals surface area contributed by atoms with Crippen LogP contribution in [0.15, 0.2) is 0 Å². The predicted molar refractivity (Wildman–Crippen MR) is 27.8 cm³/mol. The molecule has 1 heterocycles. The normalized spacial score (nSPS) is 43.1. The summed E-state index contributed by atoms with van der Waals surface area (Å²) in [6, 6.07) is 0. The Kier molecular flexibility index (Phi) is 1.80. The third-order valence-electron chi connectivity index (χ3n) is 1.32. The lowest BCUT2D eigenvalue weighted by molar-refractivity contribution is -0.119. The van der Waals surface area contributed by atoms with E-state index in [1.54, 1.807) is 0 Å². The van der Waals surface area contributed by atoms with E-state index >= 15 is 0 Å². The Morgan fingerprint density at radius 3 is 2.44 bits per heavy atom. The van der Waals surface area contributed by atoms with Crippen molar-refractivity contribution in [3.05, 3.63) is 0 Å². The number of aliphatic hydroxyl groups is 2. The molecule has 0 bridgehead atoms. The van der Waals surface area contributed by atoms with Crippen molar-refractivity contribution in [2.75, 3.05) is 6.61 Å². The quantitative estimate of drug-likeness (QED) is 0.417. The van der Waals surface area contributed by atoms with Crippen molar-refractivity contribution in [1.29, 1.82) is 0 Å². The summed E-state index contributed by atoms with van der Waals surface area (Å²) in [5.41, 5.74) is 0. The number of rotatable bonds is 1. The van der Waals surface area contributed by atoms with Crippen LogP contribution < -0.4 is 0 Å². The highest BCUT2D eigenvalue weighted by Crippen LogP contribution is 2.11. The Morgan fingerprint density at radius 1 is 1.56 bits per heavy atom. The number of carbonyl (C=O) groups is 1. The predicted octanol–water partition coefficient (Wildman–Crippen LogP) is -1.69. The van der Waals surface area contributed by atoms with Gasteiger partial charge in [-0.05, 0) is 0 Å². The number of carbonyl (C=O) groups excluding carboxylic acids is 1. The molecule has 2 N–H and O–H groups in total. The van der Waals surface area contributed by atoms with Gasteiger partial charge in [0.15, 0.2) is 6.29 Å². The Hall–Kier alpha value is -0.450. The van der Waals surface area contributed by atoms with Crippen LogP contribution in [-0.2, 0) is 9.53 Å². The zero-order valence-corrected chi connectivity index (χ0v) is 4.73. The molecule has 1 saturated heterocycles. The molecule has 4 nitrogen and oxygen atoms in total. The van der Waals surface area contributed by atoms with Gasteiger partial charge in [0, 0.05) is 0 Å². The largest absolute Gasteiger partial charge is 0.388 e. The Morgan fingerprint density at radius 2 is 2.22 bits per heavy atom. The van der Waals surface area contributed by atoms with Crippen LogP contribution in [0.2, 0.25) is 0 Å². The summed E-state index contributed by atoms with van der Waals surface area (Å²) in [6.45, 7) is 0.0462. The van der Waals surface area contributed by atoms with E-state index in [9.17, 15) is 4.79 Å². The van der Waals surface area contributed by atoms with Crippen molar-refractivity contribution >= 4 is 6.29 Å². The number of hydrogen-bond donors (Lipinski definition) is 2. The van der Waals surface area contributed by atoms with Gasteiger partial charge in [-0.2, -0.15) is 0 Å². The van der Waals surface area contributed by atoms with E-state index in [1.165, 1.54) is 0 Å². The van der Waals surface area contributed by atoms with E-state index in [0.717, 1.165) is 0 Å². The molecule has 0 aromatic rings. The highest BCUT2D eigenvalue weighted by Gasteiger charge is 2.33. The molecule has 0 saturated carbocycles. The Balaban J connectivity index is 2.50. The van der Waals surface area contributed by atoms with Gasteiger partial charge >= 0.3 is 0 Å². The fourth-order valence-corrected chi connectivity index (χ4v) is 0.746. The first-order chi connectivity index (χ1) is 4.25. The first kappa shape index (κ1) is 6.67. The maximum absolute atomic E-state index is 9.97. The van der Waals surface area contributed by atoms with Crippen LogP contribution in [0.4, 0.5) is 0 Å². The third-order valence-corrected chi connectivity index (χ3v) is 1.32. The molecule has 1 rings (SSSR count). The van der Waals surface area contributed by atoms with Gasteiger partial charge in [-0.15, -0.1) is 0 Å². The molecule has 4 heteroatoms. The number of ether oxygens (including phenoxy) is 1. The lowest BCUT2D eigenvalue weighted by Gasteiger charge is -2.06. The molecule has 9 heavy (non-hydrogen) atoms. The van der Waals surface area contributed by atoms with Gasteiger partial charge in [-0.1, -0.05) is 0 Å². The van der Waals surface area contributed by atoms with Gasteiger partial charge in [0.05, 0.1) is 6.61 Å². The zero-order valence-electron chi connectivity index (χ0n) is 4.73. The highest BCUT2D eigenvalue weighted by molar-refractivity contribution is 5.57. The number of aldehydes is 1. The lowest BCUT2D eigenvalue weighted by Crippen LogP contribution is -2.30. The summed E-state index contributed by atoms with van der Waals surface area (Å²) >= 11 is 0. The minimum absolute atomic E-state index is 0.0462. The van der Waals surface area contributed by atoms with Gasteiger partial charge in [0.25, 0.3) is 0 Å². The lowest BCUT2D eigenvalue weighted by atomic mass is 10.2. The molecular weight excluding hydrogens is 124 g/mol. The monoisotopic (exact) mass is 132 g/mol. The molecule has 0 radical (unpaired) electrons. The summed E-state index contributed by atoms with van der Waals surface area (Å²) in [4.78, 5) is 9.97. The second kappa shape index (κ2) is 2.43. The Bertz CT molecular complexity index is 114. The van der Waals surface area contributed by atoms with E-state index in [-0.39, 0.29) is 6.61 Å². The minimum Gasteiger partial charge on any atom is -0.388 e. The van der Waals surface area contributed by atoms with Crippen molar-refractivity contribution in [2.45, 2.75) is 18.3 Å².